The van der Waals surface area contributed by atoms with Crippen LogP contribution in [0.5, 0.6) is 17.2 Å². The number of hydrogen-bond donors (Lipinski definition) is 0. The van der Waals surface area contributed by atoms with Crippen molar-refractivity contribution in [3.05, 3.63) is 65.0 Å². The highest BCUT2D eigenvalue weighted by atomic mass is 19.4. The average molecular weight is 474 g/mol. The second-order valence-corrected chi connectivity index (χ2v) is 7.86. The summed E-state index contributed by atoms with van der Waals surface area (Å²) in [4.78, 5) is 6.57. The Morgan fingerprint density at radius 2 is 1.88 bits per heavy atom. The standard InChI is InChI=1S/C22H18F4N6O2/c1-12-13(2)21(30-32-11-28-29-20(12)32)31-6-5-18-14(10-31)7-16(9-27-18)33-15-3-4-19(17(23)8-15)34-22(24,25)26/h3-4,7-9,11H,5-6,10H2,1-2H3. The minimum Gasteiger partial charge on any atom is -0.456 e. The Bertz CT molecular complexity index is 1390. The van der Waals surface area contributed by atoms with Gasteiger partial charge >= 0.3 is 6.36 Å². The van der Waals surface area contributed by atoms with Crippen molar-refractivity contribution in [1.82, 2.24) is 24.8 Å². The summed E-state index contributed by atoms with van der Waals surface area (Å²) < 4.78 is 62.0. The second kappa shape index (κ2) is 8.12. The second-order valence-electron chi connectivity index (χ2n) is 7.86. The van der Waals surface area contributed by atoms with Gasteiger partial charge in [-0.05, 0) is 37.6 Å². The predicted octanol–water partition coefficient (Wildman–Crippen LogP) is 4.53. The number of benzene rings is 1. The van der Waals surface area contributed by atoms with Crippen molar-refractivity contribution >= 4 is 11.5 Å². The van der Waals surface area contributed by atoms with Crippen LogP contribution in [0, 0.1) is 19.7 Å². The maximum Gasteiger partial charge on any atom is 0.573 e. The van der Waals surface area contributed by atoms with E-state index in [0.29, 0.717) is 30.9 Å². The Kier molecular flexibility index (Phi) is 5.22. The lowest BCUT2D eigenvalue weighted by molar-refractivity contribution is -0.275. The fourth-order valence-corrected chi connectivity index (χ4v) is 3.89. The van der Waals surface area contributed by atoms with E-state index in [-0.39, 0.29) is 5.75 Å². The molecule has 0 bridgehead atoms. The van der Waals surface area contributed by atoms with Gasteiger partial charge in [0.25, 0.3) is 0 Å². The van der Waals surface area contributed by atoms with Gasteiger partial charge < -0.3 is 14.4 Å². The molecule has 4 heterocycles. The summed E-state index contributed by atoms with van der Waals surface area (Å²) in [5, 5.41) is 12.7. The van der Waals surface area contributed by atoms with Crippen LogP contribution in [0.3, 0.4) is 0 Å². The number of pyridine rings is 1. The Balaban J connectivity index is 1.37. The molecule has 0 saturated heterocycles. The molecule has 1 aliphatic heterocycles. The summed E-state index contributed by atoms with van der Waals surface area (Å²) in [6, 6.07) is 4.67. The molecule has 12 heteroatoms. The molecule has 0 aliphatic carbocycles. The van der Waals surface area contributed by atoms with E-state index in [1.54, 1.807) is 16.9 Å². The fourth-order valence-electron chi connectivity index (χ4n) is 3.89. The van der Waals surface area contributed by atoms with E-state index in [9.17, 15) is 17.6 Å². The van der Waals surface area contributed by atoms with E-state index in [2.05, 4.69) is 29.9 Å². The topological polar surface area (TPSA) is 77.7 Å². The summed E-state index contributed by atoms with van der Waals surface area (Å²) >= 11 is 0. The van der Waals surface area contributed by atoms with E-state index in [4.69, 9.17) is 4.74 Å². The first kappa shape index (κ1) is 21.9. The Hall–Kier alpha value is -3.96. The molecule has 1 aromatic carbocycles. The van der Waals surface area contributed by atoms with Crippen molar-refractivity contribution < 1.29 is 27.0 Å². The summed E-state index contributed by atoms with van der Waals surface area (Å²) in [6.45, 7) is 5.20. The third kappa shape index (κ3) is 4.18. The van der Waals surface area contributed by atoms with E-state index in [1.165, 1.54) is 12.3 Å². The van der Waals surface area contributed by atoms with Crippen LogP contribution in [-0.2, 0) is 13.0 Å². The number of aromatic nitrogens is 5. The fraction of sp³-hybridized carbons (Fsp3) is 0.273. The number of halogens is 4. The summed E-state index contributed by atoms with van der Waals surface area (Å²) in [5.41, 5.74) is 4.51. The lowest BCUT2D eigenvalue weighted by Crippen LogP contribution is -2.32. The SMILES string of the molecule is Cc1c(N2CCc3ncc(Oc4ccc(OC(F)(F)F)c(F)c4)cc3C2)nn2cnnc2c1C. The lowest BCUT2D eigenvalue weighted by atomic mass is 10.0. The molecule has 0 atom stereocenters. The minimum absolute atomic E-state index is 0.0210. The molecule has 0 N–H and O–H groups in total. The zero-order valence-corrected chi connectivity index (χ0v) is 18.1. The third-order valence-corrected chi connectivity index (χ3v) is 5.65. The molecule has 0 unspecified atom stereocenters. The quantitative estimate of drug-likeness (QED) is 0.402. The van der Waals surface area contributed by atoms with Crippen molar-refractivity contribution in [2.24, 2.45) is 0 Å². The van der Waals surface area contributed by atoms with Crippen LogP contribution in [0.15, 0.2) is 36.8 Å². The highest BCUT2D eigenvalue weighted by Crippen LogP contribution is 2.32. The van der Waals surface area contributed by atoms with Gasteiger partial charge in [-0.3, -0.25) is 4.98 Å². The van der Waals surface area contributed by atoms with Gasteiger partial charge in [0.05, 0.1) is 6.20 Å². The highest BCUT2D eigenvalue weighted by molar-refractivity contribution is 5.59. The molecule has 8 nitrogen and oxygen atoms in total. The van der Waals surface area contributed by atoms with Crippen molar-refractivity contribution in [2.75, 3.05) is 11.4 Å². The molecule has 3 aromatic heterocycles. The largest absolute Gasteiger partial charge is 0.573 e. The summed E-state index contributed by atoms with van der Waals surface area (Å²) in [6.07, 6.45) is -1.24. The molecule has 4 aromatic rings. The third-order valence-electron chi connectivity index (χ3n) is 5.65. The molecule has 1 aliphatic rings. The maximum atomic E-state index is 14.0. The van der Waals surface area contributed by atoms with Gasteiger partial charge in [-0.15, -0.1) is 28.5 Å². The minimum atomic E-state index is -4.98. The molecule has 0 amide bonds. The maximum absolute atomic E-state index is 14.0. The van der Waals surface area contributed by atoms with Crippen molar-refractivity contribution in [2.45, 2.75) is 33.2 Å². The van der Waals surface area contributed by atoms with Crippen LogP contribution in [0.25, 0.3) is 5.65 Å². The van der Waals surface area contributed by atoms with Crippen LogP contribution in [0.1, 0.15) is 22.4 Å². The average Bonchev–Trinajstić information content (AvgIpc) is 3.26. The Morgan fingerprint density at radius 1 is 1.06 bits per heavy atom. The van der Waals surface area contributed by atoms with Gasteiger partial charge in [0.2, 0.25) is 0 Å². The smallest absolute Gasteiger partial charge is 0.456 e. The van der Waals surface area contributed by atoms with Gasteiger partial charge in [-0.1, -0.05) is 0 Å². The van der Waals surface area contributed by atoms with E-state index >= 15 is 0 Å². The van der Waals surface area contributed by atoms with Crippen LogP contribution in [0.2, 0.25) is 0 Å². The zero-order chi connectivity index (χ0) is 24.0. The Morgan fingerprint density at radius 3 is 2.65 bits per heavy atom. The van der Waals surface area contributed by atoms with Gasteiger partial charge in [-0.2, -0.15) is 4.52 Å². The Labute approximate surface area is 190 Å². The molecule has 34 heavy (non-hydrogen) atoms. The highest BCUT2D eigenvalue weighted by Gasteiger charge is 2.32. The molecule has 0 fully saturated rings. The van der Waals surface area contributed by atoms with Crippen LogP contribution in [0.4, 0.5) is 23.4 Å². The van der Waals surface area contributed by atoms with Gasteiger partial charge in [0.15, 0.2) is 23.0 Å². The number of fused-ring (bicyclic) bond motifs is 2. The normalized spacial score (nSPS) is 13.8. The molecule has 0 spiro atoms. The van der Waals surface area contributed by atoms with Gasteiger partial charge in [0, 0.05) is 42.4 Å². The number of anilines is 1. The summed E-state index contributed by atoms with van der Waals surface area (Å²) in [5.74, 6) is -0.952. The molecular weight excluding hydrogens is 456 g/mol. The van der Waals surface area contributed by atoms with Gasteiger partial charge in [0.1, 0.15) is 17.8 Å². The van der Waals surface area contributed by atoms with E-state index in [0.717, 1.165) is 40.3 Å². The number of aryl methyl sites for hydroxylation is 1. The van der Waals surface area contributed by atoms with Crippen molar-refractivity contribution in [3.8, 4) is 17.2 Å². The summed E-state index contributed by atoms with van der Waals surface area (Å²) in [7, 11) is 0. The first-order valence-electron chi connectivity index (χ1n) is 10.3. The first-order valence-corrected chi connectivity index (χ1v) is 10.3. The van der Waals surface area contributed by atoms with Crippen molar-refractivity contribution in [3.63, 3.8) is 0 Å². The number of hydrogen-bond acceptors (Lipinski definition) is 7. The molecule has 0 saturated carbocycles. The zero-order valence-electron chi connectivity index (χ0n) is 18.1. The monoisotopic (exact) mass is 474 g/mol. The number of nitrogens with zero attached hydrogens (tertiary/aromatic N) is 6. The molecule has 5 rings (SSSR count). The van der Waals surface area contributed by atoms with Crippen LogP contribution >= 0.6 is 0 Å². The lowest BCUT2D eigenvalue weighted by Gasteiger charge is -2.30. The predicted molar refractivity (Wildman–Crippen MR) is 112 cm³/mol. The number of ether oxygens (including phenoxy) is 2. The van der Waals surface area contributed by atoms with Crippen LogP contribution in [-0.4, -0.2) is 37.7 Å². The molecular formula is C22H18F4N6O2. The number of alkyl halides is 3. The van der Waals surface area contributed by atoms with Gasteiger partial charge in [-0.25, -0.2) is 4.39 Å². The molecule has 0 radical (unpaired) electrons. The first-order chi connectivity index (χ1) is 16.2. The number of rotatable bonds is 4. The molecule has 176 valence electrons. The van der Waals surface area contributed by atoms with E-state index < -0.39 is 17.9 Å². The van der Waals surface area contributed by atoms with Crippen molar-refractivity contribution in [1.29, 1.82) is 0 Å². The van der Waals surface area contributed by atoms with E-state index in [1.807, 2.05) is 13.8 Å². The van der Waals surface area contributed by atoms with Crippen LogP contribution < -0.4 is 14.4 Å².